The summed E-state index contributed by atoms with van der Waals surface area (Å²) in [6.45, 7) is 6.96. The highest BCUT2D eigenvalue weighted by molar-refractivity contribution is 9.09. The van der Waals surface area contributed by atoms with E-state index in [0.29, 0.717) is 5.41 Å². The first-order valence-corrected chi connectivity index (χ1v) is 9.96. The quantitative estimate of drug-likeness (QED) is 0.252. The first kappa shape index (κ1) is 19.0. The Hall–Kier alpha value is 0.960. The third-order valence-electron chi connectivity index (χ3n) is 3.72. The summed E-state index contributed by atoms with van der Waals surface area (Å²) >= 11 is 7.47. The van der Waals surface area contributed by atoms with Gasteiger partial charge in [0.05, 0.1) is 0 Å². The average molecular weight is 384 g/mol. The number of alkyl halides is 2. The van der Waals surface area contributed by atoms with Crippen LogP contribution in [-0.2, 0) is 0 Å². The van der Waals surface area contributed by atoms with Crippen molar-refractivity contribution in [3.63, 3.8) is 0 Å². The van der Waals surface area contributed by atoms with E-state index in [-0.39, 0.29) is 0 Å². The third kappa shape index (κ3) is 8.96. The molecule has 0 aliphatic rings. The molecule has 18 heavy (non-hydrogen) atoms. The second kappa shape index (κ2) is 11.8. The minimum Gasteiger partial charge on any atom is -0.0922 e. The highest BCUT2D eigenvalue weighted by Crippen LogP contribution is 2.36. The maximum absolute atomic E-state index is 3.74. The van der Waals surface area contributed by atoms with Gasteiger partial charge >= 0.3 is 0 Å². The van der Waals surface area contributed by atoms with Gasteiger partial charge in [-0.2, -0.15) is 0 Å². The SMILES string of the molecule is CCCCCCCCCC(CBr)(CBr)CC(C)C. The molecule has 0 rings (SSSR count). The molecule has 0 spiro atoms. The maximum Gasteiger partial charge on any atom is 0.00960 e. The molecule has 0 bridgehead atoms. The fraction of sp³-hybridized carbons (Fsp3) is 1.00. The monoisotopic (exact) mass is 382 g/mol. The Morgan fingerprint density at radius 1 is 0.833 bits per heavy atom. The summed E-state index contributed by atoms with van der Waals surface area (Å²) in [5.74, 6) is 0.796. The Bertz CT molecular complexity index is 174. The molecule has 0 aromatic rings. The summed E-state index contributed by atoms with van der Waals surface area (Å²) in [6, 6.07) is 0. The van der Waals surface area contributed by atoms with Gasteiger partial charge < -0.3 is 0 Å². The zero-order valence-electron chi connectivity index (χ0n) is 12.6. The Kier molecular flexibility index (Phi) is 12.4. The highest BCUT2D eigenvalue weighted by Gasteiger charge is 2.28. The predicted octanol–water partition coefficient (Wildman–Crippen LogP) is 6.95. The van der Waals surface area contributed by atoms with Gasteiger partial charge in [-0.3, -0.25) is 0 Å². The minimum absolute atomic E-state index is 0.484. The molecule has 0 heterocycles. The van der Waals surface area contributed by atoms with Crippen molar-refractivity contribution < 1.29 is 0 Å². The predicted molar refractivity (Wildman–Crippen MR) is 92.1 cm³/mol. The number of unbranched alkanes of at least 4 members (excludes halogenated alkanes) is 6. The summed E-state index contributed by atoms with van der Waals surface area (Å²) in [5.41, 5.74) is 0.484. The van der Waals surface area contributed by atoms with Crippen LogP contribution in [0.15, 0.2) is 0 Å². The average Bonchev–Trinajstić information content (AvgIpc) is 2.36. The lowest BCUT2D eigenvalue weighted by atomic mass is 9.79. The molecule has 110 valence electrons. The van der Waals surface area contributed by atoms with Gasteiger partial charge in [0.15, 0.2) is 0 Å². The fourth-order valence-corrected chi connectivity index (χ4v) is 4.65. The molecule has 0 aliphatic heterocycles. The van der Waals surface area contributed by atoms with E-state index in [9.17, 15) is 0 Å². The Morgan fingerprint density at radius 3 is 1.78 bits per heavy atom. The summed E-state index contributed by atoms with van der Waals surface area (Å²) in [4.78, 5) is 0. The molecule has 0 aliphatic carbocycles. The molecule has 0 saturated heterocycles. The zero-order chi connectivity index (χ0) is 13.9. The van der Waals surface area contributed by atoms with Gasteiger partial charge in [-0.25, -0.2) is 0 Å². The van der Waals surface area contributed by atoms with Crippen LogP contribution >= 0.6 is 31.9 Å². The molecular formula is C16H32Br2. The fourth-order valence-electron chi connectivity index (χ4n) is 2.70. The van der Waals surface area contributed by atoms with Crippen LogP contribution in [0.3, 0.4) is 0 Å². The number of hydrogen-bond donors (Lipinski definition) is 0. The van der Waals surface area contributed by atoms with E-state index in [1.54, 1.807) is 0 Å². The van der Waals surface area contributed by atoms with Crippen LogP contribution in [0, 0.1) is 11.3 Å². The lowest BCUT2D eigenvalue weighted by molar-refractivity contribution is 0.273. The van der Waals surface area contributed by atoms with Crippen molar-refractivity contribution in [3.8, 4) is 0 Å². The molecule has 0 radical (unpaired) electrons. The first-order valence-electron chi connectivity index (χ1n) is 7.72. The van der Waals surface area contributed by atoms with E-state index in [4.69, 9.17) is 0 Å². The van der Waals surface area contributed by atoms with Crippen molar-refractivity contribution in [2.75, 3.05) is 10.7 Å². The van der Waals surface area contributed by atoms with Crippen molar-refractivity contribution in [1.29, 1.82) is 0 Å². The molecule has 0 N–H and O–H groups in total. The van der Waals surface area contributed by atoms with Crippen molar-refractivity contribution in [3.05, 3.63) is 0 Å². The van der Waals surface area contributed by atoms with Crippen molar-refractivity contribution in [2.24, 2.45) is 11.3 Å². The molecule has 0 nitrogen and oxygen atoms in total. The van der Waals surface area contributed by atoms with Crippen LogP contribution in [0.1, 0.15) is 78.6 Å². The summed E-state index contributed by atoms with van der Waals surface area (Å²) in [7, 11) is 0. The molecule has 0 unspecified atom stereocenters. The summed E-state index contributed by atoms with van der Waals surface area (Å²) in [6.07, 6.45) is 12.6. The minimum atomic E-state index is 0.484. The molecule has 0 atom stereocenters. The van der Waals surface area contributed by atoms with Gasteiger partial charge in [0.2, 0.25) is 0 Å². The van der Waals surface area contributed by atoms with Gasteiger partial charge in [-0.1, -0.05) is 97.6 Å². The third-order valence-corrected chi connectivity index (χ3v) is 6.10. The number of hydrogen-bond acceptors (Lipinski definition) is 0. The lowest BCUT2D eigenvalue weighted by Crippen LogP contribution is -2.26. The van der Waals surface area contributed by atoms with Gasteiger partial charge in [0, 0.05) is 10.7 Å². The van der Waals surface area contributed by atoms with Crippen LogP contribution in [0.25, 0.3) is 0 Å². The van der Waals surface area contributed by atoms with Crippen LogP contribution in [0.4, 0.5) is 0 Å². The summed E-state index contributed by atoms with van der Waals surface area (Å²) in [5, 5.41) is 2.28. The maximum atomic E-state index is 3.74. The molecule has 2 heteroatoms. The van der Waals surface area contributed by atoms with E-state index in [1.807, 2.05) is 0 Å². The molecule has 0 amide bonds. The highest BCUT2D eigenvalue weighted by atomic mass is 79.9. The molecule has 0 aromatic carbocycles. The molecule has 0 saturated carbocycles. The van der Waals surface area contributed by atoms with Crippen molar-refractivity contribution in [2.45, 2.75) is 78.6 Å². The normalized spacial score (nSPS) is 12.3. The van der Waals surface area contributed by atoms with E-state index >= 15 is 0 Å². The standard InChI is InChI=1S/C16H32Br2/c1-4-5-6-7-8-9-10-11-16(13-17,14-18)12-15(2)3/h15H,4-14H2,1-3H3. The molecular weight excluding hydrogens is 352 g/mol. The Balaban J connectivity index is 3.76. The second-order valence-electron chi connectivity index (χ2n) is 6.24. The van der Waals surface area contributed by atoms with Gasteiger partial charge in [-0.15, -0.1) is 0 Å². The van der Waals surface area contributed by atoms with Crippen LogP contribution < -0.4 is 0 Å². The van der Waals surface area contributed by atoms with Crippen LogP contribution in [0.2, 0.25) is 0 Å². The Labute approximate surface area is 132 Å². The van der Waals surface area contributed by atoms with E-state index in [2.05, 4.69) is 52.6 Å². The zero-order valence-corrected chi connectivity index (χ0v) is 15.8. The smallest absolute Gasteiger partial charge is 0.00960 e. The second-order valence-corrected chi connectivity index (χ2v) is 7.36. The topological polar surface area (TPSA) is 0 Å². The molecule has 0 fully saturated rings. The number of halogens is 2. The number of rotatable bonds is 12. The largest absolute Gasteiger partial charge is 0.0922 e. The van der Waals surface area contributed by atoms with E-state index < -0.39 is 0 Å². The van der Waals surface area contributed by atoms with E-state index in [1.165, 1.54) is 57.8 Å². The summed E-state index contributed by atoms with van der Waals surface area (Å²) < 4.78 is 0. The van der Waals surface area contributed by atoms with Gasteiger partial charge in [0.25, 0.3) is 0 Å². The Morgan fingerprint density at radius 2 is 1.33 bits per heavy atom. The van der Waals surface area contributed by atoms with Crippen LogP contribution in [0.5, 0.6) is 0 Å². The molecule has 0 aromatic heterocycles. The van der Waals surface area contributed by atoms with Crippen molar-refractivity contribution in [1.82, 2.24) is 0 Å². The first-order chi connectivity index (χ1) is 8.60. The van der Waals surface area contributed by atoms with Gasteiger partial charge in [-0.05, 0) is 24.2 Å². The van der Waals surface area contributed by atoms with Crippen LogP contribution in [-0.4, -0.2) is 10.7 Å². The lowest BCUT2D eigenvalue weighted by Gasteiger charge is -2.32. The van der Waals surface area contributed by atoms with Gasteiger partial charge in [0.1, 0.15) is 0 Å². The van der Waals surface area contributed by atoms with E-state index in [0.717, 1.165) is 16.6 Å². The van der Waals surface area contributed by atoms with Crippen molar-refractivity contribution >= 4 is 31.9 Å².